The van der Waals surface area contributed by atoms with Crippen molar-refractivity contribution in [1.29, 1.82) is 0 Å². The van der Waals surface area contributed by atoms with E-state index in [2.05, 4.69) is 21.0 Å². The smallest absolute Gasteiger partial charge is 0.187 e. The molecule has 2 rings (SSSR count). The van der Waals surface area contributed by atoms with Crippen LogP contribution in [-0.2, 0) is 0 Å². The Kier molecular flexibility index (Phi) is 3.51. The summed E-state index contributed by atoms with van der Waals surface area (Å²) in [7, 11) is 0. The van der Waals surface area contributed by atoms with Crippen molar-refractivity contribution in [2.45, 2.75) is 0 Å². The first kappa shape index (κ1) is 11.9. The Hall–Kier alpha value is -0.590. The van der Waals surface area contributed by atoms with Crippen LogP contribution in [0.4, 0.5) is 8.28 Å². The molecule has 0 amide bonds. The summed E-state index contributed by atoms with van der Waals surface area (Å²) in [4.78, 5) is 0. The second-order valence-corrected chi connectivity index (χ2v) is 4.70. The van der Waals surface area contributed by atoms with Gasteiger partial charge in [0.05, 0.1) is 15.7 Å². The molecule has 0 radical (unpaired) electrons. The molecule has 0 saturated heterocycles. The van der Waals surface area contributed by atoms with Crippen LogP contribution in [0.25, 0.3) is 11.3 Å². The molecule has 0 aliphatic heterocycles. The van der Waals surface area contributed by atoms with Gasteiger partial charge in [0, 0.05) is 5.56 Å². The standard InChI is InChI=1S/C9H4BrClF2N2S/c10-6-4-15(16-13)14-9(6)5-1-2-8(12)7(11)3-5/h1-4H. The van der Waals surface area contributed by atoms with Gasteiger partial charge in [-0.05, 0) is 34.1 Å². The molecular weight excluding hydrogens is 322 g/mol. The highest BCUT2D eigenvalue weighted by atomic mass is 79.9. The molecule has 7 heteroatoms. The largest absolute Gasteiger partial charge is 0.205 e. The Balaban J connectivity index is 2.49. The summed E-state index contributed by atoms with van der Waals surface area (Å²) in [5.41, 5.74) is 1.12. The Morgan fingerprint density at radius 3 is 2.75 bits per heavy atom. The van der Waals surface area contributed by atoms with Gasteiger partial charge in [-0.3, -0.25) is 0 Å². The Bertz CT molecular complexity index is 532. The maximum absolute atomic E-state index is 13.0. The quantitative estimate of drug-likeness (QED) is 0.810. The minimum atomic E-state index is -0.499. The van der Waals surface area contributed by atoms with Crippen LogP contribution >= 0.6 is 39.9 Å². The molecule has 1 aromatic carbocycles. The van der Waals surface area contributed by atoms with Crippen molar-refractivity contribution in [3.63, 3.8) is 0 Å². The minimum absolute atomic E-state index is 0.00634. The molecule has 0 saturated carbocycles. The van der Waals surface area contributed by atoms with Crippen molar-refractivity contribution in [1.82, 2.24) is 9.19 Å². The van der Waals surface area contributed by atoms with E-state index in [1.54, 1.807) is 0 Å². The number of hydrogen-bond donors (Lipinski definition) is 0. The molecule has 1 heterocycles. The fraction of sp³-hybridized carbons (Fsp3) is 0. The Morgan fingerprint density at radius 1 is 1.44 bits per heavy atom. The summed E-state index contributed by atoms with van der Waals surface area (Å²) < 4.78 is 26.9. The van der Waals surface area contributed by atoms with Gasteiger partial charge in [-0.2, -0.15) is 9.19 Å². The van der Waals surface area contributed by atoms with Gasteiger partial charge in [-0.25, -0.2) is 4.39 Å². The van der Waals surface area contributed by atoms with Crippen LogP contribution in [-0.4, -0.2) is 9.19 Å². The lowest BCUT2D eigenvalue weighted by Crippen LogP contribution is -1.85. The first-order chi connectivity index (χ1) is 7.61. The van der Waals surface area contributed by atoms with Crippen molar-refractivity contribution in [2.24, 2.45) is 0 Å². The summed E-state index contributed by atoms with van der Waals surface area (Å²) in [6.45, 7) is 0. The van der Waals surface area contributed by atoms with E-state index < -0.39 is 5.82 Å². The molecule has 0 aliphatic carbocycles. The zero-order valence-corrected chi connectivity index (χ0v) is 10.8. The lowest BCUT2D eigenvalue weighted by Gasteiger charge is -1.99. The predicted molar refractivity (Wildman–Crippen MR) is 64.4 cm³/mol. The highest BCUT2D eigenvalue weighted by Gasteiger charge is 2.11. The van der Waals surface area contributed by atoms with E-state index in [0.717, 1.165) is 4.09 Å². The van der Waals surface area contributed by atoms with Crippen molar-refractivity contribution >= 4 is 39.9 Å². The van der Waals surface area contributed by atoms with Gasteiger partial charge < -0.3 is 0 Å². The third-order valence-corrected chi connectivity index (χ3v) is 3.11. The second-order valence-electron chi connectivity index (χ2n) is 2.93. The van der Waals surface area contributed by atoms with Gasteiger partial charge in [0.2, 0.25) is 0 Å². The summed E-state index contributed by atoms with van der Waals surface area (Å²) >= 11 is 8.86. The SMILES string of the molecule is FSn1cc(Br)c(-c2ccc(F)c(Cl)c2)n1. The summed E-state index contributed by atoms with van der Waals surface area (Å²) in [5.74, 6) is -0.499. The van der Waals surface area contributed by atoms with Gasteiger partial charge in [0.25, 0.3) is 0 Å². The van der Waals surface area contributed by atoms with Gasteiger partial charge in [0.1, 0.15) is 11.5 Å². The number of halogens is 4. The van der Waals surface area contributed by atoms with E-state index in [1.165, 1.54) is 24.4 Å². The molecule has 84 valence electrons. The molecule has 0 aliphatic rings. The molecule has 0 bridgehead atoms. The molecule has 0 unspecified atom stereocenters. The first-order valence-electron chi connectivity index (χ1n) is 4.11. The maximum atomic E-state index is 13.0. The third-order valence-electron chi connectivity index (χ3n) is 1.91. The van der Waals surface area contributed by atoms with E-state index in [9.17, 15) is 8.28 Å². The van der Waals surface area contributed by atoms with E-state index in [0.29, 0.717) is 15.7 Å². The van der Waals surface area contributed by atoms with Gasteiger partial charge >= 0.3 is 0 Å². The molecule has 0 fully saturated rings. The lowest BCUT2D eigenvalue weighted by atomic mass is 10.1. The van der Waals surface area contributed by atoms with Crippen molar-refractivity contribution in [3.05, 3.63) is 39.7 Å². The maximum Gasteiger partial charge on any atom is 0.187 e. The van der Waals surface area contributed by atoms with Crippen LogP contribution < -0.4 is 0 Å². The predicted octanol–water partition coefficient (Wildman–Crippen LogP) is 4.49. The monoisotopic (exact) mass is 324 g/mol. The zero-order valence-electron chi connectivity index (χ0n) is 7.62. The summed E-state index contributed by atoms with van der Waals surface area (Å²) in [6, 6.07) is 4.21. The topological polar surface area (TPSA) is 17.8 Å². The highest BCUT2D eigenvalue weighted by molar-refractivity contribution is 9.10. The molecule has 1 aromatic heterocycles. The fourth-order valence-electron chi connectivity index (χ4n) is 1.21. The Labute approximate surface area is 108 Å². The second kappa shape index (κ2) is 4.73. The molecule has 0 N–H and O–H groups in total. The zero-order chi connectivity index (χ0) is 11.7. The molecule has 2 nitrogen and oxygen atoms in total. The molecule has 0 spiro atoms. The summed E-state index contributed by atoms with van der Waals surface area (Å²) in [6.07, 6.45) is 1.47. The molecule has 2 aromatic rings. The van der Waals surface area contributed by atoms with Crippen molar-refractivity contribution < 1.29 is 8.28 Å². The van der Waals surface area contributed by atoms with Crippen LogP contribution in [0.2, 0.25) is 5.02 Å². The first-order valence-corrected chi connectivity index (χ1v) is 5.96. The molecule has 0 atom stereocenters. The number of nitrogens with zero attached hydrogens (tertiary/aromatic N) is 2. The molecular formula is C9H4BrClF2N2S. The van der Waals surface area contributed by atoms with Crippen LogP contribution in [0.15, 0.2) is 28.9 Å². The lowest BCUT2D eigenvalue weighted by molar-refractivity contribution is 0.628. The van der Waals surface area contributed by atoms with Crippen molar-refractivity contribution in [3.8, 4) is 11.3 Å². The van der Waals surface area contributed by atoms with E-state index in [4.69, 9.17) is 11.6 Å². The van der Waals surface area contributed by atoms with Crippen LogP contribution in [0.5, 0.6) is 0 Å². The average Bonchev–Trinajstić information content (AvgIpc) is 2.64. The average molecular weight is 326 g/mol. The Morgan fingerprint density at radius 2 is 2.19 bits per heavy atom. The van der Waals surface area contributed by atoms with E-state index in [1.807, 2.05) is 0 Å². The third kappa shape index (κ3) is 2.23. The van der Waals surface area contributed by atoms with Crippen molar-refractivity contribution in [2.75, 3.05) is 0 Å². The molecule has 16 heavy (non-hydrogen) atoms. The summed E-state index contributed by atoms with van der Waals surface area (Å²) in [5, 5.41) is 3.95. The highest BCUT2D eigenvalue weighted by Crippen LogP contribution is 2.30. The van der Waals surface area contributed by atoms with E-state index in [-0.39, 0.29) is 17.4 Å². The number of rotatable bonds is 2. The van der Waals surface area contributed by atoms with Gasteiger partial charge in [-0.15, -0.1) is 3.89 Å². The van der Waals surface area contributed by atoms with Crippen LogP contribution in [0.1, 0.15) is 0 Å². The number of benzene rings is 1. The fourth-order valence-corrected chi connectivity index (χ4v) is 2.28. The number of aromatic nitrogens is 2. The number of hydrogen-bond acceptors (Lipinski definition) is 2. The minimum Gasteiger partial charge on any atom is -0.205 e. The normalized spacial score (nSPS) is 10.8. The van der Waals surface area contributed by atoms with E-state index >= 15 is 0 Å². The van der Waals surface area contributed by atoms with Crippen LogP contribution in [0.3, 0.4) is 0 Å². The van der Waals surface area contributed by atoms with Gasteiger partial charge in [0.15, 0.2) is 12.3 Å². The van der Waals surface area contributed by atoms with Gasteiger partial charge in [-0.1, -0.05) is 11.6 Å². The van der Waals surface area contributed by atoms with Crippen LogP contribution in [0, 0.1) is 5.82 Å².